The molecular formula is C24H22F2N4O2. The second-order valence-corrected chi connectivity index (χ2v) is 6.98. The molecule has 3 heterocycles. The van der Waals surface area contributed by atoms with E-state index < -0.39 is 17.4 Å². The minimum absolute atomic E-state index is 0.180. The van der Waals surface area contributed by atoms with Gasteiger partial charge in [-0.25, -0.2) is 18.8 Å². The fourth-order valence-electron chi connectivity index (χ4n) is 3.38. The van der Waals surface area contributed by atoms with Crippen LogP contribution >= 0.6 is 0 Å². The quantitative estimate of drug-likeness (QED) is 0.467. The van der Waals surface area contributed by atoms with Crippen LogP contribution in [-0.2, 0) is 4.74 Å². The Labute approximate surface area is 184 Å². The van der Waals surface area contributed by atoms with Crippen molar-refractivity contribution in [2.75, 3.05) is 18.5 Å². The number of anilines is 1. The summed E-state index contributed by atoms with van der Waals surface area (Å²) in [6.07, 6.45) is 11.4. The largest absolute Gasteiger partial charge is 0.465 e. The summed E-state index contributed by atoms with van der Waals surface area (Å²) in [5, 5.41) is 3.39. The van der Waals surface area contributed by atoms with E-state index in [1.165, 1.54) is 6.20 Å². The Hall–Kier alpha value is -3.94. The third-order valence-electron chi connectivity index (χ3n) is 4.75. The SMILES string of the molecule is C=C/C=C(\C=C/C)c1c[nH]c2nccc(Oc3c(F)cc(NC4=NCCCO4)cc3F)c12. The molecule has 0 aliphatic carbocycles. The van der Waals surface area contributed by atoms with Gasteiger partial charge >= 0.3 is 0 Å². The summed E-state index contributed by atoms with van der Waals surface area (Å²) in [4.78, 5) is 11.5. The van der Waals surface area contributed by atoms with Crippen LogP contribution in [-0.4, -0.2) is 29.1 Å². The van der Waals surface area contributed by atoms with E-state index in [0.29, 0.717) is 24.2 Å². The number of nitrogens with zero attached hydrogens (tertiary/aromatic N) is 2. The van der Waals surface area contributed by atoms with Gasteiger partial charge in [0.15, 0.2) is 17.4 Å². The number of ether oxygens (including phenoxy) is 2. The van der Waals surface area contributed by atoms with Crippen LogP contribution in [0.4, 0.5) is 14.5 Å². The van der Waals surface area contributed by atoms with Gasteiger partial charge in [0.25, 0.3) is 6.02 Å². The third-order valence-corrected chi connectivity index (χ3v) is 4.75. The van der Waals surface area contributed by atoms with E-state index in [1.807, 2.05) is 25.2 Å². The zero-order valence-corrected chi connectivity index (χ0v) is 17.5. The first-order valence-electron chi connectivity index (χ1n) is 10.1. The van der Waals surface area contributed by atoms with Crippen LogP contribution in [0.25, 0.3) is 16.6 Å². The van der Waals surface area contributed by atoms with Gasteiger partial charge in [-0.1, -0.05) is 30.9 Å². The monoisotopic (exact) mass is 436 g/mol. The Morgan fingerprint density at radius 3 is 2.81 bits per heavy atom. The first-order valence-corrected chi connectivity index (χ1v) is 10.1. The Balaban J connectivity index is 1.70. The molecule has 2 aromatic heterocycles. The molecule has 0 fully saturated rings. The highest BCUT2D eigenvalue weighted by Gasteiger charge is 2.19. The molecule has 1 aliphatic rings. The van der Waals surface area contributed by atoms with Gasteiger partial charge in [-0.2, -0.15) is 0 Å². The van der Waals surface area contributed by atoms with Crippen LogP contribution in [0, 0.1) is 11.6 Å². The standard InChI is InChI=1S/C24H22F2N4O2/c1-3-6-15(7-4-2)17-14-29-23-21(17)20(8-10-27-23)32-22-18(25)12-16(13-19(22)26)30-24-28-9-5-11-31-24/h3-4,6-8,10,12-14H,1,5,9,11H2,2H3,(H,27,29)(H,28,30)/b7-4-,15-6+. The number of pyridine rings is 1. The zero-order chi connectivity index (χ0) is 22.5. The first-order chi connectivity index (χ1) is 15.6. The van der Waals surface area contributed by atoms with Gasteiger partial charge in [0.05, 0.1) is 12.0 Å². The van der Waals surface area contributed by atoms with Crippen LogP contribution < -0.4 is 10.1 Å². The summed E-state index contributed by atoms with van der Waals surface area (Å²) >= 11 is 0. The fraction of sp³-hybridized carbons (Fsp3) is 0.167. The zero-order valence-electron chi connectivity index (χ0n) is 17.5. The molecule has 32 heavy (non-hydrogen) atoms. The van der Waals surface area contributed by atoms with Crippen LogP contribution in [0.2, 0.25) is 0 Å². The van der Waals surface area contributed by atoms with Crippen molar-refractivity contribution in [3.63, 3.8) is 0 Å². The molecule has 2 N–H and O–H groups in total. The van der Waals surface area contributed by atoms with Gasteiger partial charge in [-0.15, -0.1) is 0 Å². The van der Waals surface area contributed by atoms with E-state index in [-0.39, 0.29) is 17.5 Å². The molecule has 0 saturated carbocycles. The molecule has 0 amide bonds. The Morgan fingerprint density at radius 2 is 2.12 bits per heavy atom. The Kier molecular flexibility index (Phi) is 6.30. The molecule has 3 aromatic rings. The van der Waals surface area contributed by atoms with Gasteiger partial charge in [0.1, 0.15) is 11.4 Å². The van der Waals surface area contributed by atoms with E-state index in [9.17, 15) is 8.78 Å². The van der Waals surface area contributed by atoms with Crippen LogP contribution in [0.3, 0.4) is 0 Å². The number of hydrogen-bond acceptors (Lipinski definition) is 5. The predicted octanol–water partition coefficient (Wildman–Crippen LogP) is 5.97. The number of aromatic amines is 1. The van der Waals surface area contributed by atoms with E-state index in [0.717, 1.165) is 29.7 Å². The molecule has 0 spiro atoms. The smallest absolute Gasteiger partial charge is 0.289 e. The predicted molar refractivity (Wildman–Crippen MR) is 122 cm³/mol. The number of benzene rings is 1. The lowest BCUT2D eigenvalue weighted by Gasteiger charge is -2.16. The van der Waals surface area contributed by atoms with Crippen molar-refractivity contribution in [3.8, 4) is 11.5 Å². The molecular weight excluding hydrogens is 414 g/mol. The summed E-state index contributed by atoms with van der Waals surface area (Å²) in [7, 11) is 0. The normalized spacial score (nSPS) is 14.3. The molecule has 4 rings (SSSR count). The molecule has 8 heteroatoms. The van der Waals surface area contributed by atoms with Crippen molar-refractivity contribution < 1.29 is 18.3 Å². The number of H-pyrrole nitrogens is 1. The van der Waals surface area contributed by atoms with Crippen molar-refractivity contribution in [1.29, 1.82) is 0 Å². The number of nitrogens with one attached hydrogen (secondary N) is 2. The van der Waals surface area contributed by atoms with Gasteiger partial charge < -0.3 is 19.8 Å². The van der Waals surface area contributed by atoms with Crippen molar-refractivity contribution in [1.82, 2.24) is 9.97 Å². The lowest BCUT2D eigenvalue weighted by atomic mass is 10.0. The van der Waals surface area contributed by atoms with Crippen LogP contribution in [0.15, 0.2) is 66.5 Å². The van der Waals surface area contributed by atoms with E-state index in [2.05, 4.69) is 26.9 Å². The average molecular weight is 436 g/mol. The lowest BCUT2D eigenvalue weighted by molar-refractivity contribution is 0.282. The lowest BCUT2D eigenvalue weighted by Crippen LogP contribution is -2.21. The van der Waals surface area contributed by atoms with Gasteiger partial charge in [0.2, 0.25) is 0 Å². The number of aliphatic imine (C=N–C) groups is 1. The molecule has 1 aromatic carbocycles. The van der Waals surface area contributed by atoms with Crippen LogP contribution in [0.5, 0.6) is 11.5 Å². The van der Waals surface area contributed by atoms with E-state index in [1.54, 1.807) is 18.3 Å². The minimum Gasteiger partial charge on any atom is -0.465 e. The summed E-state index contributed by atoms with van der Waals surface area (Å²) in [5.74, 6) is -1.96. The topological polar surface area (TPSA) is 71.5 Å². The number of aromatic nitrogens is 2. The molecule has 0 bridgehead atoms. The third kappa shape index (κ3) is 4.39. The minimum atomic E-state index is -0.860. The number of halogens is 2. The van der Waals surface area contributed by atoms with Gasteiger partial charge in [-0.3, -0.25) is 0 Å². The summed E-state index contributed by atoms with van der Waals surface area (Å²) < 4.78 is 40.7. The highest BCUT2D eigenvalue weighted by Crippen LogP contribution is 2.37. The van der Waals surface area contributed by atoms with Crippen LogP contribution in [0.1, 0.15) is 18.9 Å². The maximum atomic E-state index is 14.8. The summed E-state index contributed by atoms with van der Waals surface area (Å²) in [6.45, 7) is 6.74. The molecule has 0 atom stereocenters. The molecule has 0 unspecified atom stereocenters. The maximum absolute atomic E-state index is 14.8. The maximum Gasteiger partial charge on any atom is 0.289 e. The number of fused-ring (bicyclic) bond motifs is 1. The average Bonchev–Trinajstić information content (AvgIpc) is 3.22. The second kappa shape index (κ2) is 9.47. The summed E-state index contributed by atoms with van der Waals surface area (Å²) in [6, 6.07) is 4.08. The van der Waals surface area contributed by atoms with E-state index >= 15 is 0 Å². The molecule has 1 aliphatic heterocycles. The fourth-order valence-corrected chi connectivity index (χ4v) is 3.38. The second-order valence-electron chi connectivity index (χ2n) is 6.98. The van der Waals surface area contributed by atoms with Crippen molar-refractivity contribution in [2.45, 2.75) is 13.3 Å². The number of hydrogen-bond donors (Lipinski definition) is 2. The number of allylic oxidation sites excluding steroid dienone is 5. The highest BCUT2D eigenvalue weighted by molar-refractivity contribution is 5.97. The Bertz CT molecular complexity index is 1220. The van der Waals surface area contributed by atoms with E-state index in [4.69, 9.17) is 9.47 Å². The summed E-state index contributed by atoms with van der Waals surface area (Å²) in [5.41, 5.74) is 2.33. The molecule has 164 valence electrons. The van der Waals surface area contributed by atoms with Crippen molar-refractivity contribution >= 4 is 28.3 Å². The number of amidine groups is 1. The molecule has 0 saturated heterocycles. The first kappa shape index (κ1) is 21.3. The van der Waals surface area contributed by atoms with Crippen molar-refractivity contribution in [3.05, 3.63) is 78.7 Å². The molecule has 6 nitrogen and oxygen atoms in total. The van der Waals surface area contributed by atoms with Gasteiger partial charge in [-0.05, 0) is 18.6 Å². The van der Waals surface area contributed by atoms with Gasteiger partial charge in [0, 0.05) is 48.7 Å². The number of rotatable bonds is 6. The molecule has 0 radical (unpaired) electrons. The Morgan fingerprint density at radius 1 is 1.31 bits per heavy atom. The highest BCUT2D eigenvalue weighted by atomic mass is 19.1. The van der Waals surface area contributed by atoms with Crippen molar-refractivity contribution in [2.24, 2.45) is 4.99 Å².